The van der Waals surface area contributed by atoms with Gasteiger partial charge in [-0.2, -0.15) is 5.10 Å². The number of nitrogens with one attached hydrogen (secondary N) is 1. The third kappa shape index (κ3) is 4.49. The lowest BCUT2D eigenvalue weighted by molar-refractivity contribution is 0.312. The standard InChI is InChI=1S/C16H30ClN3/c1-6-9-13(10-7-2)15(18-8-3)11-14-12(4)19-20(5)16(14)17/h13,15,18H,6-11H2,1-5H3. The molecular formula is C16H30ClN3. The summed E-state index contributed by atoms with van der Waals surface area (Å²) in [6, 6.07) is 0.500. The third-order valence-corrected chi connectivity index (χ3v) is 4.52. The number of likely N-dealkylation sites (N-methyl/N-ethyl adjacent to an activating group) is 1. The van der Waals surface area contributed by atoms with Gasteiger partial charge in [-0.25, -0.2) is 0 Å². The van der Waals surface area contributed by atoms with Crippen LogP contribution in [0.2, 0.25) is 5.15 Å². The highest BCUT2D eigenvalue weighted by Gasteiger charge is 2.23. The van der Waals surface area contributed by atoms with E-state index in [2.05, 4.69) is 38.1 Å². The quantitative estimate of drug-likeness (QED) is 0.743. The van der Waals surface area contributed by atoms with Crippen LogP contribution in [0, 0.1) is 12.8 Å². The summed E-state index contributed by atoms with van der Waals surface area (Å²) in [5, 5.41) is 8.89. The summed E-state index contributed by atoms with van der Waals surface area (Å²) in [7, 11) is 1.91. The molecule has 0 saturated heterocycles. The molecule has 1 heterocycles. The van der Waals surface area contributed by atoms with Gasteiger partial charge in [-0.1, -0.05) is 45.2 Å². The lowest BCUT2D eigenvalue weighted by Crippen LogP contribution is -2.38. The average molecular weight is 300 g/mol. The van der Waals surface area contributed by atoms with Crippen LogP contribution >= 0.6 is 11.6 Å². The summed E-state index contributed by atoms with van der Waals surface area (Å²) in [4.78, 5) is 0. The van der Waals surface area contributed by atoms with Crippen molar-refractivity contribution < 1.29 is 0 Å². The molecule has 116 valence electrons. The summed E-state index contributed by atoms with van der Waals surface area (Å²) in [5.74, 6) is 0.723. The van der Waals surface area contributed by atoms with Crippen molar-refractivity contribution in [2.45, 2.75) is 65.8 Å². The summed E-state index contributed by atoms with van der Waals surface area (Å²) in [5.41, 5.74) is 2.27. The number of hydrogen-bond donors (Lipinski definition) is 1. The molecule has 1 aromatic heterocycles. The van der Waals surface area contributed by atoms with Gasteiger partial charge >= 0.3 is 0 Å². The Morgan fingerprint density at radius 3 is 2.20 bits per heavy atom. The van der Waals surface area contributed by atoms with Crippen LogP contribution in [0.4, 0.5) is 0 Å². The molecule has 0 aliphatic heterocycles. The molecule has 0 amide bonds. The molecule has 4 heteroatoms. The molecular weight excluding hydrogens is 270 g/mol. The third-order valence-electron chi connectivity index (χ3n) is 4.05. The number of aromatic nitrogens is 2. The normalized spacial score (nSPS) is 13.2. The van der Waals surface area contributed by atoms with Gasteiger partial charge in [-0.3, -0.25) is 4.68 Å². The second-order valence-corrected chi connectivity index (χ2v) is 6.04. The minimum atomic E-state index is 0.500. The Morgan fingerprint density at radius 1 is 1.20 bits per heavy atom. The Morgan fingerprint density at radius 2 is 1.80 bits per heavy atom. The Labute approximate surface area is 129 Å². The zero-order chi connectivity index (χ0) is 15.1. The molecule has 0 fully saturated rings. The van der Waals surface area contributed by atoms with Crippen LogP contribution in [0.25, 0.3) is 0 Å². The van der Waals surface area contributed by atoms with Crippen molar-refractivity contribution in [3.63, 3.8) is 0 Å². The minimum Gasteiger partial charge on any atom is -0.314 e. The highest BCUT2D eigenvalue weighted by molar-refractivity contribution is 6.30. The molecule has 0 spiro atoms. The molecule has 1 rings (SSSR count). The lowest BCUT2D eigenvalue weighted by atomic mass is 9.86. The smallest absolute Gasteiger partial charge is 0.130 e. The van der Waals surface area contributed by atoms with Gasteiger partial charge < -0.3 is 5.32 Å². The van der Waals surface area contributed by atoms with E-state index in [0.29, 0.717) is 6.04 Å². The van der Waals surface area contributed by atoms with Crippen LogP contribution in [0.1, 0.15) is 57.7 Å². The topological polar surface area (TPSA) is 29.9 Å². The van der Waals surface area contributed by atoms with Gasteiger partial charge in [0.2, 0.25) is 0 Å². The van der Waals surface area contributed by atoms with Crippen molar-refractivity contribution in [1.82, 2.24) is 15.1 Å². The Hall–Kier alpha value is -0.540. The van der Waals surface area contributed by atoms with Gasteiger partial charge in [-0.05, 0) is 38.6 Å². The van der Waals surface area contributed by atoms with Gasteiger partial charge in [0.15, 0.2) is 0 Å². The van der Waals surface area contributed by atoms with Gasteiger partial charge in [-0.15, -0.1) is 0 Å². The zero-order valence-corrected chi connectivity index (χ0v) is 14.4. The first-order valence-electron chi connectivity index (χ1n) is 7.96. The molecule has 0 aromatic carbocycles. The maximum absolute atomic E-state index is 6.39. The molecule has 1 N–H and O–H groups in total. The van der Waals surface area contributed by atoms with Crippen LogP contribution in [0.15, 0.2) is 0 Å². The average Bonchev–Trinajstić information content (AvgIpc) is 2.64. The molecule has 1 unspecified atom stereocenters. The Balaban J connectivity index is 2.89. The molecule has 0 aliphatic carbocycles. The largest absolute Gasteiger partial charge is 0.314 e. The SMILES string of the molecule is CCCC(CCC)C(Cc1c(C)nn(C)c1Cl)NCC. The van der Waals surface area contributed by atoms with Gasteiger partial charge in [0.1, 0.15) is 5.15 Å². The van der Waals surface area contributed by atoms with E-state index in [1.165, 1.54) is 31.2 Å². The fourth-order valence-electron chi connectivity index (χ4n) is 3.08. The van der Waals surface area contributed by atoms with Crippen molar-refractivity contribution in [2.75, 3.05) is 6.54 Å². The van der Waals surface area contributed by atoms with E-state index in [-0.39, 0.29) is 0 Å². The maximum atomic E-state index is 6.39. The highest BCUT2D eigenvalue weighted by Crippen LogP contribution is 2.26. The molecule has 0 aliphatic rings. The molecule has 1 aromatic rings. The van der Waals surface area contributed by atoms with Gasteiger partial charge in [0.05, 0.1) is 5.69 Å². The molecule has 0 saturated carbocycles. The monoisotopic (exact) mass is 299 g/mol. The van der Waals surface area contributed by atoms with Crippen molar-refractivity contribution in [1.29, 1.82) is 0 Å². The number of aryl methyl sites for hydroxylation is 2. The second-order valence-electron chi connectivity index (χ2n) is 5.68. The maximum Gasteiger partial charge on any atom is 0.130 e. The highest BCUT2D eigenvalue weighted by atomic mass is 35.5. The fraction of sp³-hybridized carbons (Fsp3) is 0.812. The van der Waals surface area contributed by atoms with E-state index in [1.807, 2.05) is 7.05 Å². The van der Waals surface area contributed by atoms with E-state index in [1.54, 1.807) is 4.68 Å². The predicted molar refractivity (Wildman–Crippen MR) is 87.4 cm³/mol. The molecule has 0 radical (unpaired) electrons. The first kappa shape index (κ1) is 17.5. The number of halogens is 1. The molecule has 0 bridgehead atoms. The lowest BCUT2D eigenvalue weighted by Gasteiger charge is -2.27. The fourth-order valence-corrected chi connectivity index (χ4v) is 3.33. The van der Waals surface area contributed by atoms with E-state index in [4.69, 9.17) is 11.6 Å². The van der Waals surface area contributed by atoms with E-state index in [9.17, 15) is 0 Å². The predicted octanol–water partition coefficient (Wildman–Crippen LogP) is 4.12. The Bertz CT molecular complexity index is 395. The minimum absolute atomic E-state index is 0.500. The zero-order valence-electron chi connectivity index (χ0n) is 13.7. The second kappa shape index (κ2) is 8.68. The number of rotatable bonds is 9. The first-order valence-corrected chi connectivity index (χ1v) is 8.34. The van der Waals surface area contributed by atoms with Crippen LogP contribution in [0.3, 0.4) is 0 Å². The van der Waals surface area contributed by atoms with E-state index >= 15 is 0 Å². The van der Waals surface area contributed by atoms with Crippen molar-refractivity contribution in [2.24, 2.45) is 13.0 Å². The van der Waals surface area contributed by atoms with Crippen LogP contribution in [-0.4, -0.2) is 22.4 Å². The molecule has 20 heavy (non-hydrogen) atoms. The summed E-state index contributed by atoms with van der Waals surface area (Å²) < 4.78 is 1.78. The first-order chi connectivity index (χ1) is 9.54. The molecule has 1 atom stereocenters. The van der Waals surface area contributed by atoms with Crippen molar-refractivity contribution in [3.05, 3.63) is 16.4 Å². The number of nitrogens with zero attached hydrogens (tertiary/aromatic N) is 2. The summed E-state index contributed by atoms with van der Waals surface area (Å²) in [6.45, 7) is 9.78. The summed E-state index contributed by atoms with van der Waals surface area (Å²) in [6.07, 6.45) is 6.03. The van der Waals surface area contributed by atoms with E-state index < -0.39 is 0 Å². The number of hydrogen-bond acceptors (Lipinski definition) is 2. The van der Waals surface area contributed by atoms with Gasteiger partial charge in [0.25, 0.3) is 0 Å². The van der Waals surface area contributed by atoms with Gasteiger partial charge in [0, 0.05) is 18.7 Å². The van der Waals surface area contributed by atoms with Crippen LogP contribution in [-0.2, 0) is 13.5 Å². The van der Waals surface area contributed by atoms with Crippen LogP contribution in [0.5, 0.6) is 0 Å². The van der Waals surface area contributed by atoms with Crippen molar-refractivity contribution in [3.8, 4) is 0 Å². The summed E-state index contributed by atoms with van der Waals surface area (Å²) >= 11 is 6.39. The van der Waals surface area contributed by atoms with Crippen molar-refractivity contribution >= 4 is 11.6 Å². The van der Waals surface area contributed by atoms with Crippen LogP contribution < -0.4 is 5.32 Å². The van der Waals surface area contributed by atoms with E-state index in [0.717, 1.165) is 29.7 Å². The molecule has 3 nitrogen and oxygen atoms in total. The Kier molecular flexibility index (Phi) is 7.60.